The van der Waals surface area contributed by atoms with E-state index in [0.29, 0.717) is 28.0 Å². The van der Waals surface area contributed by atoms with E-state index in [-0.39, 0.29) is 5.78 Å². The molecule has 2 N–H and O–H groups in total. The molecule has 108 valence electrons. The van der Waals surface area contributed by atoms with Crippen molar-refractivity contribution in [3.63, 3.8) is 0 Å². The molecule has 1 heterocycles. The number of allylic oxidation sites excluding steroid dienone is 2. The van der Waals surface area contributed by atoms with Crippen LogP contribution >= 0.6 is 0 Å². The lowest BCUT2D eigenvalue weighted by atomic mass is 9.95. The number of fused-ring (bicyclic) bond motifs is 1. The number of benzene rings is 2. The molecular weight excluding hydrogens is 280 g/mol. The van der Waals surface area contributed by atoms with Crippen molar-refractivity contribution in [2.24, 2.45) is 10.9 Å². The molecule has 0 aliphatic carbocycles. The molecule has 2 aromatic carbocycles. The highest BCUT2D eigenvalue weighted by atomic mass is 16.6. The molecule has 0 unspecified atom stereocenters. The predicted molar refractivity (Wildman–Crippen MR) is 82.8 cm³/mol. The molecule has 2 aromatic rings. The lowest BCUT2D eigenvalue weighted by Gasteiger charge is -2.09. The number of nitrogens with zero attached hydrogens (tertiary/aromatic N) is 1. The van der Waals surface area contributed by atoms with Gasteiger partial charge in [-0.2, -0.15) is 0 Å². The molecule has 0 radical (unpaired) electrons. The summed E-state index contributed by atoms with van der Waals surface area (Å²) in [6.07, 6.45) is 3.01. The van der Waals surface area contributed by atoms with Crippen molar-refractivity contribution in [2.45, 2.75) is 0 Å². The number of oxime groups is 1. The molecule has 0 fully saturated rings. The Bertz CT molecular complexity index is 822. The first-order chi connectivity index (χ1) is 10.7. The summed E-state index contributed by atoms with van der Waals surface area (Å²) in [6.45, 7) is 0. The lowest BCUT2D eigenvalue weighted by molar-refractivity contribution is 0.1000. The first-order valence-electron chi connectivity index (χ1n) is 6.61. The third-order valence-electron chi connectivity index (χ3n) is 3.28. The van der Waals surface area contributed by atoms with E-state index < -0.39 is 5.91 Å². The van der Waals surface area contributed by atoms with Gasteiger partial charge in [0.05, 0.1) is 6.21 Å². The molecule has 0 atom stereocenters. The van der Waals surface area contributed by atoms with Crippen LogP contribution in [0, 0.1) is 0 Å². The number of carbonyl (C=O) groups excluding carboxylic acids is 2. The highest BCUT2D eigenvalue weighted by Gasteiger charge is 2.19. The summed E-state index contributed by atoms with van der Waals surface area (Å²) in [4.78, 5) is 29.2. The summed E-state index contributed by atoms with van der Waals surface area (Å²) >= 11 is 0. The standard InChI is InChI=1S/C17H12N2O3/c18-17(21)12-5-3-4-11(10-12)16(20)14-8-9-19-22-15-7-2-1-6-13(14)15/h1-10H,(H2,18,21). The Hall–Kier alpha value is -3.21. The second kappa shape index (κ2) is 5.65. The van der Waals surface area contributed by atoms with Gasteiger partial charge in [-0.05, 0) is 24.3 Å². The molecule has 5 heteroatoms. The van der Waals surface area contributed by atoms with E-state index in [1.165, 1.54) is 12.3 Å². The van der Waals surface area contributed by atoms with Crippen LogP contribution in [0.5, 0.6) is 5.75 Å². The third-order valence-corrected chi connectivity index (χ3v) is 3.28. The molecule has 0 saturated carbocycles. The van der Waals surface area contributed by atoms with E-state index in [9.17, 15) is 9.59 Å². The Labute approximate surface area is 126 Å². The van der Waals surface area contributed by atoms with Crippen molar-refractivity contribution >= 4 is 23.5 Å². The molecule has 1 amide bonds. The van der Waals surface area contributed by atoms with Crippen molar-refractivity contribution < 1.29 is 14.4 Å². The Morgan fingerprint density at radius 2 is 1.77 bits per heavy atom. The highest BCUT2D eigenvalue weighted by Crippen LogP contribution is 2.30. The zero-order valence-electron chi connectivity index (χ0n) is 11.5. The zero-order chi connectivity index (χ0) is 15.5. The molecule has 0 spiro atoms. The maximum atomic E-state index is 12.8. The number of hydrogen-bond donors (Lipinski definition) is 1. The molecule has 1 aliphatic heterocycles. The van der Waals surface area contributed by atoms with Crippen LogP contribution in [-0.2, 0) is 0 Å². The van der Waals surface area contributed by atoms with Gasteiger partial charge in [0.1, 0.15) is 0 Å². The summed E-state index contributed by atoms with van der Waals surface area (Å²) in [7, 11) is 0. The number of rotatable bonds is 3. The maximum absolute atomic E-state index is 12.8. The summed E-state index contributed by atoms with van der Waals surface area (Å²) in [6, 6.07) is 13.5. The van der Waals surface area contributed by atoms with Gasteiger partial charge in [-0.25, -0.2) is 0 Å². The highest BCUT2D eigenvalue weighted by molar-refractivity contribution is 6.31. The van der Waals surface area contributed by atoms with Crippen molar-refractivity contribution in [2.75, 3.05) is 0 Å². The van der Waals surface area contributed by atoms with Crippen molar-refractivity contribution in [1.29, 1.82) is 0 Å². The van der Waals surface area contributed by atoms with Crippen molar-refractivity contribution in [3.05, 3.63) is 71.3 Å². The van der Waals surface area contributed by atoms with E-state index in [4.69, 9.17) is 10.6 Å². The monoisotopic (exact) mass is 292 g/mol. The van der Waals surface area contributed by atoms with Crippen LogP contribution in [0.1, 0.15) is 26.3 Å². The summed E-state index contributed by atoms with van der Waals surface area (Å²) < 4.78 is 0. The summed E-state index contributed by atoms with van der Waals surface area (Å²) in [5.41, 5.74) is 7.02. The molecule has 1 aliphatic rings. The average molecular weight is 292 g/mol. The Morgan fingerprint density at radius 3 is 2.59 bits per heavy atom. The van der Waals surface area contributed by atoms with Crippen LogP contribution in [0.15, 0.2) is 59.8 Å². The maximum Gasteiger partial charge on any atom is 0.248 e. The number of hydrogen-bond acceptors (Lipinski definition) is 4. The zero-order valence-corrected chi connectivity index (χ0v) is 11.5. The first kappa shape index (κ1) is 13.8. The fourth-order valence-electron chi connectivity index (χ4n) is 2.22. The van der Waals surface area contributed by atoms with Gasteiger partial charge in [-0.15, -0.1) is 0 Å². The number of para-hydroxylation sites is 1. The number of nitrogens with two attached hydrogens (primary N) is 1. The molecule has 3 rings (SSSR count). The molecule has 5 nitrogen and oxygen atoms in total. The Kier molecular flexibility index (Phi) is 3.53. The number of Topliss-reactive ketones (excluding diaryl/α,β-unsaturated/α-hetero) is 1. The summed E-state index contributed by atoms with van der Waals surface area (Å²) in [5, 5.41) is 3.76. The van der Waals surface area contributed by atoms with Gasteiger partial charge in [0, 0.05) is 22.3 Å². The lowest BCUT2D eigenvalue weighted by Crippen LogP contribution is -2.12. The van der Waals surface area contributed by atoms with Crippen LogP contribution in [0.2, 0.25) is 0 Å². The van der Waals surface area contributed by atoms with Gasteiger partial charge in [0.25, 0.3) is 0 Å². The number of amides is 1. The summed E-state index contributed by atoms with van der Waals surface area (Å²) in [5.74, 6) is -0.302. The topological polar surface area (TPSA) is 81.8 Å². The Morgan fingerprint density at radius 1 is 1.00 bits per heavy atom. The second-order valence-electron chi connectivity index (χ2n) is 4.70. The number of carbonyl (C=O) groups is 2. The normalized spacial score (nSPS) is 12.6. The SMILES string of the molecule is NC(=O)c1cccc(C(=O)C2=CC=NOc3ccccc32)c1. The van der Waals surface area contributed by atoms with Gasteiger partial charge in [-0.3, -0.25) is 9.59 Å². The smallest absolute Gasteiger partial charge is 0.248 e. The quantitative estimate of drug-likeness (QED) is 0.882. The van der Waals surface area contributed by atoms with Crippen LogP contribution in [-0.4, -0.2) is 17.9 Å². The van der Waals surface area contributed by atoms with Crippen LogP contribution < -0.4 is 10.6 Å². The van der Waals surface area contributed by atoms with Crippen LogP contribution in [0.3, 0.4) is 0 Å². The van der Waals surface area contributed by atoms with E-state index in [1.54, 1.807) is 42.5 Å². The fraction of sp³-hybridized carbons (Fsp3) is 0. The largest absolute Gasteiger partial charge is 0.366 e. The second-order valence-corrected chi connectivity index (χ2v) is 4.70. The predicted octanol–water partition coefficient (Wildman–Crippen LogP) is 2.43. The molecule has 0 saturated heterocycles. The number of primary amides is 1. The van der Waals surface area contributed by atoms with Gasteiger partial charge in [0.2, 0.25) is 5.91 Å². The fourth-order valence-corrected chi connectivity index (χ4v) is 2.22. The van der Waals surface area contributed by atoms with Crippen molar-refractivity contribution in [3.8, 4) is 5.75 Å². The van der Waals surface area contributed by atoms with Gasteiger partial charge in [0.15, 0.2) is 11.5 Å². The van der Waals surface area contributed by atoms with Crippen LogP contribution in [0.4, 0.5) is 0 Å². The van der Waals surface area contributed by atoms with E-state index >= 15 is 0 Å². The Balaban J connectivity index is 2.06. The molecular formula is C17H12N2O3. The van der Waals surface area contributed by atoms with Gasteiger partial charge < -0.3 is 10.6 Å². The third kappa shape index (κ3) is 2.52. The van der Waals surface area contributed by atoms with Gasteiger partial charge in [-0.1, -0.05) is 35.5 Å². The average Bonchev–Trinajstić information content (AvgIpc) is 2.76. The molecule has 0 bridgehead atoms. The minimum Gasteiger partial charge on any atom is -0.366 e. The van der Waals surface area contributed by atoms with E-state index in [1.807, 2.05) is 6.07 Å². The minimum absolute atomic E-state index is 0.229. The molecule has 0 aromatic heterocycles. The first-order valence-corrected chi connectivity index (χ1v) is 6.61. The van der Waals surface area contributed by atoms with E-state index in [0.717, 1.165) is 0 Å². The van der Waals surface area contributed by atoms with Crippen molar-refractivity contribution in [1.82, 2.24) is 0 Å². The molecule has 22 heavy (non-hydrogen) atoms. The number of ketones is 1. The van der Waals surface area contributed by atoms with Crippen LogP contribution in [0.25, 0.3) is 5.57 Å². The van der Waals surface area contributed by atoms with E-state index in [2.05, 4.69) is 5.16 Å². The van der Waals surface area contributed by atoms with Gasteiger partial charge >= 0.3 is 0 Å². The minimum atomic E-state index is -0.574.